The lowest BCUT2D eigenvalue weighted by atomic mass is 10.0. The molecule has 0 aliphatic carbocycles. The molecule has 32 heavy (non-hydrogen) atoms. The fourth-order valence-corrected chi connectivity index (χ4v) is 3.61. The van der Waals surface area contributed by atoms with E-state index in [9.17, 15) is 14.4 Å². The molecule has 3 amide bonds. The summed E-state index contributed by atoms with van der Waals surface area (Å²) in [5, 5.41) is 6.22. The summed E-state index contributed by atoms with van der Waals surface area (Å²) in [6.07, 6.45) is 0.102. The molecule has 0 radical (unpaired) electrons. The van der Waals surface area contributed by atoms with Crippen LogP contribution in [-0.4, -0.2) is 17.7 Å². The number of nitrogens with two attached hydrogens (primary N) is 1. The fraction of sp³-hybridized carbons (Fsp3) is 0.160. The van der Waals surface area contributed by atoms with E-state index in [2.05, 4.69) is 10.6 Å². The van der Waals surface area contributed by atoms with Crippen LogP contribution in [0.2, 0.25) is 5.02 Å². The molecule has 0 aromatic heterocycles. The van der Waals surface area contributed by atoms with Gasteiger partial charge in [0.1, 0.15) is 6.04 Å². The van der Waals surface area contributed by atoms with E-state index >= 15 is 0 Å². The number of nitrogens with one attached hydrogen (secondary N) is 2. The van der Waals surface area contributed by atoms with Gasteiger partial charge in [0.2, 0.25) is 17.7 Å². The minimum Gasteiger partial charge on any atom is -0.366 e. The summed E-state index contributed by atoms with van der Waals surface area (Å²) in [6.45, 7) is 2.03. The average molecular weight is 450 g/mol. The van der Waals surface area contributed by atoms with Crippen molar-refractivity contribution in [2.24, 2.45) is 5.73 Å². The third-order valence-electron chi connectivity index (χ3n) is 4.98. The second kappa shape index (κ2) is 10.6. The summed E-state index contributed by atoms with van der Waals surface area (Å²) < 4.78 is 0. The Balaban J connectivity index is 1.71. The highest BCUT2D eigenvalue weighted by Crippen LogP contribution is 2.16. The van der Waals surface area contributed by atoms with Gasteiger partial charge in [0.05, 0.1) is 6.42 Å². The second-order valence-electron chi connectivity index (χ2n) is 7.45. The minimum absolute atomic E-state index is 0.102. The van der Waals surface area contributed by atoms with E-state index in [-0.39, 0.29) is 24.8 Å². The number of hydrogen-bond donors (Lipinski definition) is 3. The molecule has 3 rings (SSSR count). The van der Waals surface area contributed by atoms with Crippen molar-refractivity contribution in [3.8, 4) is 0 Å². The highest BCUT2D eigenvalue weighted by Gasteiger charge is 2.22. The molecule has 0 spiro atoms. The van der Waals surface area contributed by atoms with Crippen LogP contribution in [0.5, 0.6) is 0 Å². The zero-order valence-electron chi connectivity index (χ0n) is 17.6. The van der Waals surface area contributed by atoms with Crippen LogP contribution >= 0.6 is 11.6 Å². The zero-order valence-corrected chi connectivity index (χ0v) is 18.4. The Morgan fingerprint density at radius 3 is 2.34 bits per heavy atom. The molecule has 3 aromatic carbocycles. The molecule has 0 heterocycles. The molecule has 0 saturated carbocycles. The van der Waals surface area contributed by atoms with Gasteiger partial charge in [-0.1, -0.05) is 66.2 Å². The number of primary amides is 1. The fourth-order valence-electron chi connectivity index (χ4n) is 3.39. The summed E-state index contributed by atoms with van der Waals surface area (Å²) in [7, 11) is 0. The standard InChI is InChI=1S/C25H24ClN3O3/c1-16-12-18(10-11-21(16)24(27)31)15-28-25(32)23(19-7-3-2-4-8-19)29-22(30)14-17-6-5-9-20(26)13-17/h2-13,23H,14-15H2,1H3,(H2,27,31)(H,28,32)(H,29,30). The van der Waals surface area contributed by atoms with Crippen molar-refractivity contribution < 1.29 is 14.4 Å². The molecule has 0 saturated heterocycles. The second-order valence-corrected chi connectivity index (χ2v) is 7.89. The SMILES string of the molecule is Cc1cc(CNC(=O)C(NC(=O)Cc2cccc(Cl)c2)c2ccccc2)ccc1C(N)=O. The van der Waals surface area contributed by atoms with Crippen LogP contribution < -0.4 is 16.4 Å². The van der Waals surface area contributed by atoms with E-state index in [1.54, 1.807) is 61.5 Å². The summed E-state index contributed by atoms with van der Waals surface area (Å²) in [5.41, 5.74) is 8.76. The number of rotatable bonds is 8. The Labute approximate surface area is 191 Å². The minimum atomic E-state index is -0.853. The predicted molar refractivity (Wildman–Crippen MR) is 124 cm³/mol. The van der Waals surface area contributed by atoms with E-state index in [4.69, 9.17) is 17.3 Å². The molecule has 164 valence electrons. The normalized spacial score (nSPS) is 11.4. The molecule has 1 atom stereocenters. The largest absolute Gasteiger partial charge is 0.366 e. The molecule has 0 fully saturated rings. The van der Waals surface area contributed by atoms with Gasteiger partial charge < -0.3 is 16.4 Å². The van der Waals surface area contributed by atoms with Gasteiger partial charge in [0.25, 0.3) is 0 Å². The molecule has 1 unspecified atom stereocenters. The van der Waals surface area contributed by atoms with Crippen LogP contribution in [0.15, 0.2) is 72.8 Å². The van der Waals surface area contributed by atoms with Gasteiger partial charge in [-0.05, 0) is 47.4 Å². The molecular weight excluding hydrogens is 426 g/mol. The molecule has 7 heteroatoms. The van der Waals surface area contributed by atoms with Gasteiger partial charge in [0, 0.05) is 17.1 Å². The van der Waals surface area contributed by atoms with E-state index in [0.717, 1.165) is 16.7 Å². The Kier molecular flexibility index (Phi) is 7.63. The number of benzene rings is 3. The van der Waals surface area contributed by atoms with Crippen molar-refractivity contribution in [1.82, 2.24) is 10.6 Å². The number of amides is 3. The lowest BCUT2D eigenvalue weighted by Crippen LogP contribution is -2.40. The number of carbonyl (C=O) groups is 3. The Morgan fingerprint density at radius 1 is 0.938 bits per heavy atom. The molecular formula is C25H24ClN3O3. The topological polar surface area (TPSA) is 101 Å². The maximum absolute atomic E-state index is 13.0. The maximum atomic E-state index is 13.0. The Bertz CT molecular complexity index is 1130. The summed E-state index contributed by atoms with van der Waals surface area (Å²) >= 11 is 6.00. The molecule has 0 bridgehead atoms. The highest BCUT2D eigenvalue weighted by atomic mass is 35.5. The summed E-state index contributed by atoms with van der Waals surface area (Å²) in [6, 6.07) is 20.4. The summed E-state index contributed by atoms with van der Waals surface area (Å²) in [5.74, 6) is -1.13. The van der Waals surface area contributed by atoms with Gasteiger partial charge in [-0.3, -0.25) is 14.4 Å². The molecule has 4 N–H and O–H groups in total. The van der Waals surface area contributed by atoms with Crippen LogP contribution in [0.3, 0.4) is 0 Å². The lowest BCUT2D eigenvalue weighted by Gasteiger charge is -2.19. The molecule has 3 aromatic rings. The van der Waals surface area contributed by atoms with Crippen molar-refractivity contribution in [1.29, 1.82) is 0 Å². The van der Waals surface area contributed by atoms with Gasteiger partial charge in [-0.25, -0.2) is 0 Å². The van der Waals surface area contributed by atoms with Gasteiger partial charge in [-0.2, -0.15) is 0 Å². The molecule has 0 aliphatic heterocycles. The predicted octanol–water partition coefficient (Wildman–Crippen LogP) is 3.46. The third-order valence-corrected chi connectivity index (χ3v) is 5.21. The first-order valence-corrected chi connectivity index (χ1v) is 10.5. The zero-order chi connectivity index (χ0) is 23.1. The van der Waals surface area contributed by atoms with Gasteiger partial charge in [-0.15, -0.1) is 0 Å². The highest BCUT2D eigenvalue weighted by molar-refractivity contribution is 6.30. The number of aryl methyl sites for hydroxylation is 1. The van der Waals surface area contributed by atoms with E-state index in [1.165, 1.54) is 0 Å². The first-order chi connectivity index (χ1) is 15.3. The monoisotopic (exact) mass is 449 g/mol. The smallest absolute Gasteiger partial charge is 0.248 e. The quantitative estimate of drug-likeness (QED) is 0.490. The lowest BCUT2D eigenvalue weighted by molar-refractivity contribution is -0.129. The van der Waals surface area contributed by atoms with E-state index < -0.39 is 11.9 Å². The van der Waals surface area contributed by atoms with E-state index in [1.807, 2.05) is 18.2 Å². The van der Waals surface area contributed by atoms with Crippen molar-refractivity contribution >= 4 is 29.3 Å². The number of hydrogen-bond acceptors (Lipinski definition) is 3. The van der Waals surface area contributed by atoms with E-state index in [0.29, 0.717) is 16.1 Å². The maximum Gasteiger partial charge on any atom is 0.248 e. The first kappa shape index (κ1) is 23.0. The van der Waals surface area contributed by atoms with Crippen molar-refractivity contribution in [3.63, 3.8) is 0 Å². The van der Waals surface area contributed by atoms with Gasteiger partial charge >= 0.3 is 0 Å². The number of halogens is 1. The Hall–Kier alpha value is -3.64. The third kappa shape index (κ3) is 6.18. The summed E-state index contributed by atoms with van der Waals surface area (Å²) in [4.78, 5) is 37.1. The number of carbonyl (C=O) groups excluding carboxylic acids is 3. The van der Waals surface area contributed by atoms with Crippen molar-refractivity contribution in [2.45, 2.75) is 25.9 Å². The average Bonchev–Trinajstić information content (AvgIpc) is 2.76. The van der Waals surface area contributed by atoms with Crippen LogP contribution in [0.1, 0.15) is 38.7 Å². The molecule has 0 aliphatic rings. The van der Waals surface area contributed by atoms with Gasteiger partial charge in [0.15, 0.2) is 0 Å². The Morgan fingerprint density at radius 2 is 1.69 bits per heavy atom. The first-order valence-electron chi connectivity index (χ1n) is 10.1. The van der Waals surface area contributed by atoms with Crippen LogP contribution in [0.4, 0.5) is 0 Å². The van der Waals surface area contributed by atoms with Crippen LogP contribution in [0, 0.1) is 6.92 Å². The molecule has 6 nitrogen and oxygen atoms in total. The van der Waals surface area contributed by atoms with Crippen molar-refractivity contribution in [3.05, 3.63) is 106 Å². The van der Waals surface area contributed by atoms with Crippen LogP contribution in [0.25, 0.3) is 0 Å². The van der Waals surface area contributed by atoms with Crippen molar-refractivity contribution in [2.75, 3.05) is 0 Å². The van der Waals surface area contributed by atoms with Crippen LogP contribution in [-0.2, 0) is 22.6 Å².